The van der Waals surface area contributed by atoms with Gasteiger partial charge in [-0.15, -0.1) is 0 Å². The number of carbonyl (C=O) groups excluding carboxylic acids is 1. The van der Waals surface area contributed by atoms with Gasteiger partial charge < -0.3 is 15.3 Å². The molecule has 0 bridgehead atoms. The molecule has 0 aromatic heterocycles. The van der Waals surface area contributed by atoms with Gasteiger partial charge in [-0.05, 0) is 12.8 Å². The average molecular weight is 288 g/mol. The summed E-state index contributed by atoms with van der Waals surface area (Å²) in [7, 11) is 0. The highest BCUT2D eigenvalue weighted by atomic mass is 19.2. The Balaban J connectivity index is 2.18. The topological polar surface area (TPSA) is 69.6 Å². The first-order valence-corrected chi connectivity index (χ1v) is 5.85. The second-order valence-electron chi connectivity index (χ2n) is 4.37. The maximum Gasteiger partial charge on any atom is 0.326 e. The van der Waals surface area contributed by atoms with E-state index in [1.807, 2.05) is 5.32 Å². The molecule has 1 aromatic rings. The van der Waals surface area contributed by atoms with Crippen molar-refractivity contribution in [2.45, 2.75) is 18.9 Å². The van der Waals surface area contributed by atoms with E-state index in [1.54, 1.807) is 0 Å². The molecule has 108 valence electrons. The van der Waals surface area contributed by atoms with E-state index >= 15 is 0 Å². The predicted octanol–water partition coefficient (Wildman–Crippen LogP) is 2.18. The van der Waals surface area contributed by atoms with Gasteiger partial charge in [0.15, 0.2) is 11.6 Å². The number of nitrogens with one attached hydrogen (secondary N) is 1. The van der Waals surface area contributed by atoms with Crippen LogP contribution in [0.1, 0.15) is 12.8 Å². The Morgan fingerprint density at radius 2 is 2.00 bits per heavy atom. The molecule has 2 amide bonds. The summed E-state index contributed by atoms with van der Waals surface area (Å²) >= 11 is 0. The van der Waals surface area contributed by atoms with E-state index in [9.17, 15) is 22.8 Å². The van der Waals surface area contributed by atoms with Crippen molar-refractivity contribution in [3.63, 3.8) is 0 Å². The minimum Gasteiger partial charge on any atom is -0.480 e. The van der Waals surface area contributed by atoms with Gasteiger partial charge in [0.2, 0.25) is 0 Å². The predicted molar refractivity (Wildman–Crippen MR) is 62.7 cm³/mol. The van der Waals surface area contributed by atoms with Gasteiger partial charge >= 0.3 is 12.0 Å². The Morgan fingerprint density at radius 3 is 2.65 bits per heavy atom. The van der Waals surface area contributed by atoms with Crippen LogP contribution in [0.4, 0.5) is 23.7 Å². The largest absolute Gasteiger partial charge is 0.480 e. The van der Waals surface area contributed by atoms with Gasteiger partial charge in [0.1, 0.15) is 11.9 Å². The number of benzene rings is 1. The quantitative estimate of drug-likeness (QED) is 0.819. The standard InChI is InChI=1S/C12H11F3N2O3/c13-6-4-7(14)10(15)8(5-6)16-12(20)17-3-1-2-9(17)11(18)19/h4-5,9H,1-3H2,(H,16,20)(H,18,19)/t9-/m0/s1. The van der Waals surface area contributed by atoms with E-state index < -0.39 is 41.2 Å². The van der Waals surface area contributed by atoms with Gasteiger partial charge in [0.05, 0.1) is 5.69 Å². The molecule has 8 heteroatoms. The molecule has 0 unspecified atom stereocenters. The number of rotatable bonds is 2. The Morgan fingerprint density at radius 1 is 1.30 bits per heavy atom. The first kappa shape index (κ1) is 14.2. The molecule has 1 heterocycles. The van der Waals surface area contributed by atoms with Crippen molar-refractivity contribution in [1.29, 1.82) is 0 Å². The zero-order valence-electron chi connectivity index (χ0n) is 10.2. The van der Waals surface area contributed by atoms with Crippen LogP contribution in [-0.2, 0) is 4.79 Å². The first-order chi connectivity index (χ1) is 9.40. The maximum absolute atomic E-state index is 13.4. The number of amides is 2. The number of hydrogen-bond acceptors (Lipinski definition) is 2. The summed E-state index contributed by atoms with van der Waals surface area (Å²) in [5, 5.41) is 10.9. The Kier molecular flexibility index (Phi) is 3.82. The van der Waals surface area contributed by atoms with Gasteiger partial charge in [-0.2, -0.15) is 0 Å². The molecule has 20 heavy (non-hydrogen) atoms. The van der Waals surface area contributed by atoms with E-state index in [0.717, 1.165) is 4.90 Å². The van der Waals surface area contributed by atoms with E-state index in [0.29, 0.717) is 18.6 Å². The van der Waals surface area contributed by atoms with Gasteiger partial charge in [-0.3, -0.25) is 0 Å². The number of carboxylic acid groups (broad SMARTS) is 1. The van der Waals surface area contributed by atoms with Crippen LogP contribution in [0.3, 0.4) is 0 Å². The molecule has 2 rings (SSSR count). The van der Waals surface area contributed by atoms with Crippen LogP contribution in [-0.4, -0.2) is 34.6 Å². The number of hydrogen-bond donors (Lipinski definition) is 2. The number of nitrogens with zero attached hydrogens (tertiary/aromatic N) is 1. The molecule has 1 saturated heterocycles. The fourth-order valence-electron chi connectivity index (χ4n) is 2.10. The molecule has 2 N–H and O–H groups in total. The Hall–Kier alpha value is -2.25. The van der Waals surface area contributed by atoms with E-state index in [4.69, 9.17) is 5.11 Å². The summed E-state index contributed by atoms with van der Waals surface area (Å²) in [6.07, 6.45) is 0.771. The lowest BCUT2D eigenvalue weighted by Gasteiger charge is -2.22. The highest BCUT2D eigenvalue weighted by molar-refractivity contribution is 5.92. The molecule has 1 fully saturated rings. The number of carboxylic acids is 1. The molecule has 1 aliphatic heterocycles. The monoisotopic (exact) mass is 288 g/mol. The lowest BCUT2D eigenvalue weighted by molar-refractivity contribution is -0.141. The fraction of sp³-hybridized carbons (Fsp3) is 0.333. The molecule has 5 nitrogen and oxygen atoms in total. The molecular weight excluding hydrogens is 277 g/mol. The van der Waals surface area contributed by atoms with Crippen molar-refractivity contribution in [3.05, 3.63) is 29.6 Å². The van der Waals surface area contributed by atoms with Gasteiger partial charge in [-0.25, -0.2) is 22.8 Å². The van der Waals surface area contributed by atoms with Crippen molar-refractivity contribution >= 4 is 17.7 Å². The number of likely N-dealkylation sites (tertiary alicyclic amines) is 1. The number of aliphatic carboxylic acids is 1. The molecule has 0 saturated carbocycles. The second kappa shape index (κ2) is 5.40. The Labute approximate surface area is 112 Å². The van der Waals surface area contributed by atoms with Crippen LogP contribution in [0.2, 0.25) is 0 Å². The molecule has 1 aliphatic rings. The summed E-state index contributed by atoms with van der Waals surface area (Å²) in [5.41, 5.74) is -0.663. The van der Waals surface area contributed by atoms with Gasteiger partial charge in [0, 0.05) is 18.7 Å². The van der Waals surface area contributed by atoms with Crippen molar-refractivity contribution < 1.29 is 27.9 Å². The third-order valence-corrected chi connectivity index (χ3v) is 3.03. The summed E-state index contributed by atoms with van der Waals surface area (Å²) < 4.78 is 39.4. The minimum absolute atomic E-state index is 0.183. The number of carbonyl (C=O) groups is 2. The maximum atomic E-state index is 13.4. The smallest absolute Gasteiger partial charge is 0.326 e. The van der Waals surface area contributed by atoms with E-state index in [1.165, 1.54) is 0 Å². The van der Waals surface area contributed by atoms with Crippen LogP contribution in [0.15, 0.2) is 12.1 Å². The van der Waals surface area contributed by atoms with E-state index in [2.05, 4.69) is 0 Å². The zero-order valence-corrected chi connectivity index (χ0v) is 10.2. The van der Waals surface area contributed by atoms with Crippen LogP contribution >= 0.6 is 0 Å². The lowest BCUT2D eigenvalue weighted by Crippen LogP contribution is -2.42. The fourth-order valence-corrected chi connectivity index (χ4v) is 2.10. The van der Waals surface area contributed by atoms with Crippen LogP contribution in [0, 0.1) is 17.5 Å². The third-order valence-electron chi connectivity index (χ3n) is 3.03. The zero-order chi connectivity index (χ0) is 14.9. The van der Waals surface area contributed by atoms with Gasteiger partial charge in [0.25, 0.3) is 0 Å². The summed E-state index contributed by atoms with van der Waals surface area (Å²) in [6.45, 7) is 0.183. The third kappa shape index (κ3) is 2.68. The van der Waals surface area contributed by atoms with Crippen LogP contribution in [0.5, 0.6) is 0 Å². The summed E-state index contributed by atoms with van der Waals surface area (Å²) in [5.74, 6) is -5.05. The highest BCUT2D eigenvalue weighted by Gasteiger charge is 2.34. The SMILES string of the molecule is O=C(O)[C@@H]1CCCN1C(=O)Nc1cc(F)cc(F)c1F. The number of urea groups is 1. The molecule has 0 spiro atoms. The molecule has 1 atom stereocenters. The van der Waals surface area contributed by atoms with Crippen molar-refractivity contribution in [1.82, 2.24) is 4.90 Å². The van der Waals surface area contributed by atoms with E-state index in [-0.39, 0.29) is 13.0 Å². The second-order valence-corrected chi connectivity index (χ2v) is 4.37. The number of halogens is 3. The normalized spacial score (nSPS) is 18.1. The molecule has 0 radical (unpaired) electrons. The van der Waals surface area contributed by atoms with Crippen LogP contribution < -0.4 is 5.32 Å². The molecular formula is C12H11F3N2O3. The average Bonchev–Trinajstić information content (AvgIpc) is 2.84. The Bertz CT molecular complexity index is 565. The van der Waals surface area contributed by atoms with Crippen LogP contribution in [0.25, 0.3) is 0 Å². The van der Waals surface area contributed by atoms with Crippen molar-refractivity contribution in [2.75, 3.05) is 11.9 Å². The van der Waals surface area contributed by atoms with Crippen molar-refractivity contribution in [3.8, 4) is 0 Å². The van der Waals surface area contributed by atoms with Gasteiger partial charge in [-0.1, -0.05) is 0 Å². The molecule has 1 aromatic carbocycles. The minimum atomic E-state index is -1.43. The highest BCUT2D eigenvalue weighted by Crippen LogP contribution is 2.22. The molecule has 0 aliphatic carbocycles. The lowest BCUT2D eigenvalue weighted by atomic mass is 10.2. The van der Waals surface area contributed by atoms with Crippen molar-refractivity contribution in [2.24, 2.45) is 0 Å². The number of anilines is 1. The summed E-state index contributed by atoms with van der Waals surface area (Å²) in [6, 6.07) is -0.946. The summed E-state index contributed by atoms with van der Waals surface area (Å²) in [4.78, 5) is 23.8. The first-order valence-electron chi connectivity index (χ1n) is 5.85.